The Balaban J connectivity index is 0.000000273. The summed E-state index contributed by atoms with van der Waals surface area (Å²) >= 11 is 1.47. The number of halogens is 1. The van der Waals surface area contributed by atoms with Crippen LogP contribution in [0.25, 0.3) is 28.4 Å². The number of phenolic OH excluding ortho intramolecular Hbond substituents is 2. The van der Waals surface area contributed by atoms with Crippen LogP contribution in [0.1, 0.15) is 17.1 Å². The van der Waals surface area contributed by atoms with Crippen LogP contribution in [0, 0.1) is 40.3 Å². The average Bonchev–Trinajstić information content (AvgIpc) is 4.20. The fourth-order valence-electron chi connectivity index (χ4n) is 5.43. The summed E-state index contributed by atoms with van der Waals surface area (Å²) in [5.41, 5.74) is 7.53. The zero-order valence-electron chi connectivity index (χ0n) is 35.5. The van der Waals surface area contributed by atoms with Crippen molar-refractivity contribution in [2.24, 2.45) is 0 Å². The van der Waals surface area contributed by atoms with E-state index in [2.05, 4.69) is 47.2 Å². The maximum atomic E-state index is 9.42. The normalized spacial score (nSPS) is 9.37. The second kappa shape index (κ2) is 29.7. The summed E-state index contributed by atoms with van der Waals surface area (Å²) < 4.78 is 8.74. The molecule has 5 heterocycles. The molecule has 0 atom stereocenters. The number of hydrogen-bond acceptors (Lipinski definition) is 7. The van der Waals surface area contributed by atoms with E-state index in [1.807, 2.05) is 187 Å². The van der Waals surface area contributed by atoms with Gasteiger partial charge in [-0.2, -0.15) is 74.0 Å². The van der Waals surface area contributed by atoms with Crippen LogP contribution in [-0.4, -0.2) is 67.5 Å². The van der Waals surface area contributed by atoms with Crippen LogP contribution in [0.15, 0.2) is 201 Å². The molecule has 0 aliphatic carbocycles. The molecule has 0 fully saturated rings. The fraction of sp³-hybridized carbons (Fsp3) is 0.0612. The van der Waals surface area contributed by atoms with Crippen LogP contribution in [0.2, 0.25) is 0 Å². The van der Waals surface area contributed by atoms with Crippen LogP contribution in [0.3, 0.4) is 0 Å². The largest absolute Gasteiger partial charge is 0 e. The Bertz CT molecular complexity index is 2480. The number of rotatable bonds is 5. The van der Waals surface area contributed by atoms with Gasteiger partial charge in [-0.15, -0.1) is 12.1 Å². The van der Waals surface area contributed by atoms with Crippen molar-refractivity contribution in [3.63, 3.8) is 0 Å². The molecule has 2 N–H and O–H groups in total. The first kappa shape index (κ1) is 54.5. The van der Waals surface area contributed by atoms with Gasteiger partial charge in [-0.3, -0.25) is 9.36 Å². The van der Waals surface area contributed by atoms with Gasteiger partial charge in [0.15, 0.2) is 0 Å². The Hall–Kier alpha value is -6.60. The number of benzene rings is 5. The summed E-state index contributed by atoms with van der Waals surface area (Å²) in [4.78, 5) is 0. The summed E-state index contributed by atoms with van der Waals surface area (Å²) in [6.07, 6.45) is 12.7. The summed E-state index contributed by atoms with van der Waals surface area (Å²) in [6, 6.07) is 55.6. The number of aromatic nitrogens is 10. The number of aromatic hydroxyl groups is 2. The molecule has 0 saturated carbocycles. The van der Waals surface area contributed by atoms with E-state index in [-0.39, 0.29) is 47.4 Å². The van der Waals surface area contributed by atoms with Crippen molar-refractivity contribution in [2.45, 2.75) is 20.8 Å². The van der Waals surface area contributed by atoms with Gasteiger partial charge in [0.1, 0.15) is 22.9 Å². The van der Waals surface area contributed by atoms with Gasteiger partial charge in [-0.1, -0.05) is 50.9 Å². The third-order valence-corrected chi connectivity index (χ3v) is 8.33. The molecular formula is C49H51BClIr2N10O2-2. The minimum atomic E-state index is 0. The van der Waals surface area contributed by atoms with Crippen LogP contribution in [0.5, 0.6) is 11.5 Å². The van der Waals surface area contributed by atoms with Gasteiger partial charge >= 0.3 is 27.5 Å². The van der Waals surface area contributed by atoms with Gasteiger partial charge < -0.3 is 17.6 Å². The van der Waals surface area contributed by atoms with Crippen LogP contribution in [0.4, 0.5) is 0 Å². The van der Waals surface area contributed by atoms with Gasteiger partial charge in [0, 0.05) is 63.5 Å². The van der Waals surface area contributed by atoms with E-state index in [0.29, 0.717) is 11.4 Å². The van der Waals surface area contributed by atoms with E-state index < -0.39 is 0 Å². The monoisotopic (exact) mass is 1240 g/mol. The minimum Gasteiger partial charge on any atom is 0 e. The molecule has 10 rings (SSSR count). The Morgan fingerprint density at radius 2 is 0.815 bits per heavy atom. The molecule has 0 aliphatic heterocycles. The maximum Gasteiger partial charge on any atom is 0 e. The molecule has 5 aromatic carbocycles. The Labute approximate surface area is 410 Å². The quantitative estimate of drug-likeness (QED) is 0.130. The van der Waals surface area contributed by atoms with Crippen molar-refractivity contribution in [1.82, 2.24) is 48.9 Å². The molecule has 10 aromatic rings. The molecule has 0 saturated heterocycles. The van der Waals surface area contributed by atoms with Crippen molar-refractivity contribution in [1.29, 1.82) is 0 Å². The number of hydrogen-bond donors (Lipinski definition) is 2. The molecule has 0 spiro atoms. The second-order valence-corrected chi connectivity index (χ2v) is 12.9. The first-order valence-corrected chi connectivity index (χ1v) is 22.1. The third-order valence-electron chi connectivity index (χ3n) is 8.33. The van der Waals surface area contributed by atoms with Crippen molar-refractivity contribution in [3.05, 3.63) is 238 Å². The molecule has 16 heteroatoms. The summed E-state index contributed by atoms with van der Waals surface area (Å²) in [5.74, 6) is 0.474. The van der Waals surface area contributed by atoms with Crippen molar-refractivity contribution in [2.75, 3.05) is 0 Å². The molecule has 339 valence electrons. The third kappa shape index (κ3) is 17.5. The minimum absolute atomic E-state index is 0. The van der Waals surface area contributed by atoms with Gasteiger partial charge in [-0.25, -0.2) is 14.0 Å². The molecule has 0 aliphatic rings. The molecule has 0 bridgehead atoms. The van der Waals surface area contributed by atoms with E-state index >= 15 is 0 Å². The maximum absolute atomic E-state index is 9.42. The summed E-state index contributed by atoms with van der Waals surface area (Å²) in [6.45, 7) is 5.93. The van der Waals surface area contributed by atoms with Crippen LogP contribution >= 0.6 is 9.58 Å². The topological polar surface area (TPSA) is 130 Å². The van der Waals surface area contributed by atoms with Gasteiger partial charge in [0.05, 0.1) is 22.8 Å². The molecule has 65 heavy (non-hydrogen) atoms. The first-order chi connectivity index (χ1) is 30.3. The Kier molecular flexibility index (Phi) is 24.9. The predicted octanol–water partition coefficient (Wildman–Crippen LogP) is 8.98. The SMILES string of the molecule is Cc1ccn(-c2[c-]cccc2)n1.Cc1ccn(-c2[c-]cccc2)n1.Cc1ccn(-c2ccccc2)n1.Oc1ccccc1-n1cccn1.Oc1ccccc1-n1cccn1.[BH4-].[CH3-].[Cl][Ir+2].[Ir]. The van der Waals surface area contributed by atoms with E-state index in [1.54, 1.807) is 58.4 Å². The first-order valence-electron chi connectivity index (χ1n) is 19.1. The zero-order valence-corrected chi connectivity index (χ0v) is 41.0. The Morgan fingerprint density at radius 1 is 0.446 bits per heavy atom. The molecule has 5 aromatic heterocycles. The standard InChI is InChI=1S/C10H10N2.2C10H9N2.2C9H8N2O.CH3.BH4.ClH.2Ir/c3*1-9-7-8-12(11-9)10-5-3-2-4-6-10;2*12-9-5-2-1-4-8(9)11-7-3-6-10-11;;;;;/h2-8H,1H3;2*2-5,7-8H,1H3;2*1-7,12H;1H3;1H4;1H;;/q;2*-1;;;2*-1;;;+3/p-1. The molecule has 0 amide bonds. The number of nitrogens with zero attached hydrogens (tertiary/aromatic N) is 10. The van der Waals surface area contributed by atoms with Crippen molar-refractivity contribution < 1.29 is 48.2 Å². The van der Waals surface area contributed by atoms with E-state index in [4.69, 9.17) is 0 Å². The summed E-state index contributed by atoms with van der Waals surface area (Å²) in [5, 5.41) is 39.7. The average molecular weight is 1240 g/mol. The Morgan fingerprint density at radius 3 is 1.14 bits per heavy atom. The van der Waals surface area contributed by atoms with Gasteiger partial charge in [-0.05, 0) is 98.9 Å². The van der Waals surface area contributed by atoms with E-state index in [1.165, 1.54) is 17.9 Å². The molecule has 12 nitrogen and oxygen atoms in total. The molecular weight excluding hydrogens is 1190 g/mol. The zero-order chi connectivity index (χ0) is 43.9. The number of para-hydroxylation sites is 7. The molecule has 1 radical (unpaired) electrons. The second-order valence-electron chi connectivity index (χ2n) is 12.9. The fourth-order valence-corrected chi connectivity index (χ4v) is 5.43. The van der Waals surface area contributed by atoms with E-state index in [0.717, 1.165) is 34.1 Å². The van der Waals surface area contributed by atoms with Gasteiger partial charge in [0.2, 0.25) is 0 Å². The number of aryl methyl sites for hydroxylation is 3. The van der Waals surface area contributed by atoms with Crippen LogP contribution in [-0.2, 0) is 38.0 Å². The summed E-state index contributed by atoms with van der Waals surface area (Å²) in [7, 11) is 4.64. The smallest absolute Gasteiger partial charge is 0 e. The number of phenols is 2. The predicted molar refractivity (Wildman–Crippen MR) is 257 cm³/mol. The van der Waals surface area contributed by atoms with E-state index in [9.17, 15) is 10.2 Å². The van der Waals surface area contributed by atoms with Crippen LogP contribution < -0.4 is 0 Å². The van der Waals surface area contributed by atoms with Gasteiger partial charge in [0.25, 0.3) is 0 Å². The van der Waals surface area contributed by atoms with Crippen molar-refractivity contribution >= 4 is 18.0 Å². The van der Waals surface area contributed by atoms with Crippen molar-refractivity contribution in [3.8, 4) is 39.9 Å². The molecule has 0 unspecified atom stereocenters.